The second-order valence-corrected chi connectivity index (χ2v) is 9.18. The molecule has 0 heterocycles. The third-order valence-corrected chi connectivity index (χ3v) is 6.71. The molecule has 184 valence electrons. The minimum atomic E-state index is -0.648. The molecule has 7 heteroatoms. The van der Waals surface area contributed by atoms with Crippen molar-refractivity contribution in [1.29, 1.82) is 5.26 Å². The number of carbonyl (C=O) groups is 2. The summed E-state index contributed by atoms with van der Waals surface area (Å²) < 4.78 is 5.86. The number of benzene rings is 5. The van der Waals surface area contributed by atoms with Crippen LogP contribution >= 0.6 is 23.2 Å². The molecule has 0 aliphatic heterocycles. The van der Waals surface area contributed by atoms with E-state index in [-0.39, 0.29) is 16.3 Å². The molecule has 0 aliphatic rings. The summed E-state index contributed by atoms with van der Waals surface area (Å²) >= 11 is 12.0. The normalized spacial score (nSPS) is 11.2. The topological polar surface area (TPSA) is 79.2 Å². The van der Waals surface area contributed by atoms with Crippen molar-refractivity contribution >= 4 is 68.4 Å². The predicted molar refractivity (Wildman–Crippen MR) is 152 cm³/mol. The highest BCUT2D eigenvalue weighted by Gasteiger charge is 2.18. The molecule has 0 fully saturated rings. The third kappa shape index (κ3) is 5.09. The van der Waals surface area contributed by atoms with Crippen LogP contribution in [-0.4, -0.2) is 11.9 Å². The standard InChI is InChI=1S/C31H18Cl2N2O3/c32-27-14-13-22(17-28(27)33)35-30(36)21(18-34)16-26-24-10-4-2-7-20(24)12-15-29(26)38-31(37)25-11-5-8-19-6-1-3-9-23(19)25/h1-17H,(H,35,36)/b21-16-. The summed E-state index contributed by atoms with van der Waals surface area (Å²) in [4.78, 5) is 26.3. The van der Waals surface area contributed by atoms with Crippen molar-refractivity contribution < 1.29 is 14.3 Å². The number of amides is 1. The largest absolute Gasteiger partial charge is 0.422 e. The van der Waals surface area contributed by atoms with Crippen LogP contribution in [0.2, 0.25) is 10.0 Å². The quantitative estimate of drug-likeness (QED) is 0.106. The number of nitriles is 1. The number of ether oxygens (including phenoxy) is 1. The van der Waals surface area contributed by atoms with E-state index in [0.29, 0.717) is 27.2 Å². The van der Waals surface area contributed by atoms with Crippen LogP contribution in [0.4, 0.5) is 5.69 Å². The second kappa shape index (κ2) is 10.8. The summed E-state index contributed by atoms with van der Waals surface area (Å²) in [7, 11) is 0. The highest BCUT2D eigenvalue weighted by molar-refractivity contribution is 6.42. The molecule has 0 aliphatic carbocycles. The molecule has 0 spiro atoms. The molecule has 0 aromatic heterocycles. The van der Waals surface area contributed by atoms with Gasteiger partial charge < -0.3 is 10.1 Å². The maximum absolute atomic E-state index is 13.3. The zero-order valence-electron chi connectivity index (χ0n) is 19.7. The fourth-order valence-corrected chi connectivity index (χ4v) is 4.44. The third-order valence-electron chi connectivity index (χ3n) is 5.97. The van der Waals surface area contributed by atoms with Crippen LogP contribution in [0.5, 0.6) is 5.75 Å². The van der Waals surface area contributed by atoms with Gasteiger partial charge in [0.2, 0.25) is 0 Å². The van der Waals surface area contributed by atoms with Gasteiger partial charge in [0.05, 0.1) is 15.6 Å². The van der Waals surface area contributed by atoms with Gasteiger partial charge in [0.25, 0.3) is 5.91 Å². The Hall–Kier alpha value is -4.63. The molecule has 0 atom stereocenters. The smallest absolute Gasteiger partial charge is 0.344 e. The van der Waals surface area contributed by atoms with Crippen LogP contribution in [-0.2, 0) is 4.79 Å². The van der Waals surface area contributed by atoms with E-state index in [0.717, 1.165) is 16.2 Å². The Morgan fingerprint density at radius 3 is 2.21 bits per heavy atom. The maximum atomic E-state index is 13.3. The number of nitrogens with zero attached hydrogens (tertiary/aromatic N) is 1. The first-order valence-corrected chi connectivity index (χ1v) is 12.3. The van der Waals surface area contributed by atoms with Crippen LogP contribution in [0.3, 0.4) is 0 Å². The molecular formula is C31H18Cl2N2O3. The van der Waals surface area contributed by atoms with Gasteiger partial charge in [0.1, 0.15) is 17.4 Å². The number of rotatable bonds is 5. The van der Waals surface area contributed by atoms with E-state index in [1.807, 2.05) is 66.7 Å². The lowest BCUT2D eigenvalue weighted by atomic mass is 10.0. The molecule has 5 rings (SSSR count). The van der Waals surface area contributed by atoms with E-state index < -0.39 is 11.9 Å². The zero-order valence-corrected chi connectivity index (χ0v) is 21.3. The Morgan fingerprint density at radius 1 is 0.789 bits per heavy atom. The highest BCUT2D eigenvalue weighted by atomic mass is 35.5. The summed E-state index contributed by atoms with van der Waals surface area (Å²) in [6.45, 7) is 0. The van der Waals surface area contributed by atoms with Gasteiger partial charge in [-0.05, 0) is 58.0 Å². The van der Waals surface area contributed by atoms with E-state index in [4.69, 9.17) is 27.9 Å². The Bertz CT molecular complexity index is 1800. The Balaban J connectivity index is 1.55. The monoisotopic (exact) mass is 536 g/mol. The van der Waals surface area contributed by atoms with Crippen molar-refractivity contribution in [2.45, 2.75) is 0 Å². The number of esters is 1. The van der Waals surface area contributed by atoms with Gasteiger partial charge in [-0.2, -0.15) is 5.26 Å². The van der Waals surface area contributed by atoms with E-state index >= 15 is 0 Å². The zero-order chi connectivity index (χ0) is 26.6. The lowest BCUT2D eigenvalue weighted by Gasteiger charge is -2.13. The Morgan fingerprint density at radius 2 is 1.47 bits per heavy atom. The average molecular weight is 537 g/mol. The van der Waals surface area contributed by atoms with Crippen LogP contribution in [0.25, 0.3) is 27.6 Å². The maximum Gasteiger partial charge on any atom is 0.344 e. The Kier molecular flexibility index (Phi) is 7.10. The number of fused-ring (bicyclic) bond motifs is 2. The fraction of sp³-hybridized carbons (Fsp3) is 0. The fourth-order valence-electron chi connectivity index (χ4n) is 4.14. The summed E-state index contributed by atoms with van der Waals surface area (Å²) in [6.07, 6.45) is 1.42. The first-order chi connectivity index (χ1) is 18.4. The van der Waals surface area contributed by atoms with Crippen LogP contribution in [0.1, 0.15) is 15.9 Å². The van der Waals surface area contributed by atoms with Gasteiger partial charge in [-0.1, -0.05) is 89.9 Å². The molecule has 5 aromatic rings. The van der Waals surface area contributed by atoms with Gasteiger partial charge >= 0.3 is 5.97 Å². The first kappa shape index (κ1) is 25.0. The molecule has 0 bridgehead atoms. The molecular weight excluding hydrogens is 519 g/mol. The Labute approximate surface area is 228 Å². The van der Waals surface area contributed by atoms with Gasteiger partial charge in [0, 0.05) is 11.3 Å². The van der Waals surface area contributed by atoms with Crippen molar-refractivity contribution in [3.63, 3.8) is 0 Å². The van der Waals surface area contributed by atoms with Gasteiger partial charge in [-0.15, -0.1) is 0 Å². The van der Waals surface area contributed by atoms with Crippen molar-refractivity contribution in [1.82, 2.24) is 0 Å². The predicted octanol–water partition coefficient (Wildman–Crippen LogP) is 8.06. The van der Waals surface area contributed by atoms with Crippen molar-refractivity contribution in [3.8, 4) is 11.8 Å². The van der Waals surface area contributed by atoms with E-state index in [9.17, 15) is 14.9 Å². The molecule has 38 heavy (non-hydrogen) atoms. The molecule has 1 amide bonds. The summed E-state index contributed by atoms with van der Waals surface area (Å²) in [6, 6.07) is 30.4. The number of hydrogen-bond donors (Lipinski definition) is 1. The lowest BCUT2D eigenvalue weighted by molar-refractivity contribution is -0.112. The average Bonchev–Trinajstić information content (AvgIpc) is 2.94. The molecule has 5 aromatic carbocycles. The number of anilines is 1. The van der Waals surface area contributed by atoms with Gasteiger partial charge in [0.15, 0.2) is 0 Å². The summed E-state index contributed by atoms with van der Waals surface area (Å²) in [5.74, 6) is -0.979. The van der Waals surface area contributed by atoms with Gasteiger partial charge in [-0.25, -0.2) is 4.79 Å². The molecule has 0 saturated carbocycles. The molecule has 0 radical (unpaired) electrons. The molecule has 1 N–H and O–H groups in total. The first-order valence-electron chi connectivity index (χ1n) is 11.5. The molecule has 0 saturated heterocycles. The lowest BCUT2D eigenvalue weighted by Crippen LogP contribution is -2.14. The highest BCUT2D eigenvalue weighted by Crippen LogP contribution is 2.32. The van der Waals surface area contributed by atoms with E-state index in [1.165, 1.54) is 12.1 Å². The van der Waals surface area contributed by atoms with Crippen LogP contribution < -0.4 is 10.1 Å². The SMILES string of the molecule is N#C/C(=C/c1c(OC(=O)c2cccc3ccccc23)ccc2ccccc12)C(=O)Nc1ccc(Cl)c(Cl)c1. The summed E-state index contributed by atoms with van der Waals surface area (Å²) in [5, 5.41) is 16.3. The number of hydrogen-bond acceptors (Lipinski definition) is 4. The molecule has 5 nitrogen and oxygen atoms in total. The number of nitrogens with one attached hydrogen (secondary N) is 1. The van der Waals surface area contributed by atoms with E-state index in [1.54, 1.807) is 30.3 Å². The van der Waals surface area contributed by atoms with Crippen LogP contribution in [0, 0.1) is 11.3 Å². The number of halogens is 2. The number of carbonyl (C=O) groups excluding carboxylic acids is 2. The van der Waals surface area contributed by atoms with Crippen molar-refractivity contribution in [2.24, 2.45) is 0 Å². The van der Waals surface area contributed by atoms with Crippen molar-refractivity contribution in [3.05, 3.63) is 124 Å². The van der Waals surface area contributed by atoms with Crippen LogP contribution in [0.15, 0.2) is 103 Å². The minimum absolute atomic E-state index is 0.185. The second-order valence-electron chi connectivity index (χ2n) is 8.37. The molecule has 0 unspecified atom stereocenters. The minimum Gasteiger partial charge on any atom is -0.422 e. The van der Waals surface area contributed by atoms with E-state index in [2.05, 4.69) is 5.32 Å². The van der Waals surface area contributed by atoms with Gasteiger partial charge in [-0.3, -0.25) is 4.79 Å². The summed E-state index contributed by atoms with van der Waals surface area (Å²) in [5.41, 5.74) is 1.03. The van der Waals surface area contributed by atoms with Crippen molar-refractivity contribution in [2.75, 3.05) is 5.32 Å².